The van der Waals surface area contributed by atoms with Crippen molar-refractivity contribution in [3.05, 3.63) is 97.9 Å². The fourth-order valence-electron chi connectivity index (χ4n) is 4.10. The van der Waals surface area contributed by atoms with E-state index in [1.165, 1.54) is 4.90 Å². The Morgan fingerprint density at radius 3 is 2.21 bits per heavy atom. The lowest BCUT2D eigenvalue weighted by Crippen LogP contribution is -2.53. The highest BCUT2D eigenvalue weighted by molar-refractivity contribution is 9.10. The van der Waals surface area contributed by atoms with Gasteiger partial charge in [0.1, 0.15) is 12.6 Å². The number of nitrogens with one attached hydrogen (secondary N) is 1. The highest BCUT2D eigenvalue weighted by Crippen LogP contribution is 2.29. The third-order valence-electron chi connectivity index (χ3n) is 6.12. The number of amides is 2. The first-order valence-electron chi connectivity index (χ1n) is 12.2. The molecule has 0 aliphatic heterocycles. The molecule has 0 saturated heterocycles. The SMILES string of the molecule is CCNC(=O)[C@H](Cc1ccccc1)N(Cc1c(Cl)cccc1Cl)C(=O)CN(c1ccc(Br)c(C)c1)S(C)(=O)=O. The van der Waals surface area contributed by atoms with E-state index < -0.39 is 28.5 Å². The van der Waals surface area contributed by atoms with Crippen LogP contribution in [0.5, 0.6) is 0 Å². The average molecular weight is 655 g/mol. The molecule has 208 valence electrons. The molecule has 0 aromatic heterocycles. The number of rotatable bonds is 11. The fraction of sp³-hybridized carbons (Fsp3) is 0.286. The summed E-state index contributed by atoms with van der Waals surface area (Å²) in [5.41, 5.74) is 2.43. The lowest BCUT2D eigenvalue weighted by atomic mass is 10.0. The summed E-state index contributed by atoms with van der Waals surface area (Å²) in [6, 6.07) is 18.3. The lowest BCUT2D eigenvalue weighted by molar-refractivity contribution is -0.140. The number of benzene rings is 3. The Kier molecular flexibility index (Phi) is 10.8. The molecular formula is C28H30BrCl2N3O4S. The third-order valence-corrected chi connectivity index (χ3v) is 8.86. The standard InChI is InChI=1S/C28H30BrCl2N3O4S/c1-4-32-28(36)26(16-20-9-6-5-7-10-20)33(17-22-24(30)11-8-12-25(22)31)27(35)18-34(39(3,37)38)21-13-14-23(29)19(2)15-21/h5-15,26H,4,16-18H2,1-3H3,(H,32,36)/t26-/m0/s1. The Bertz CT molecular complexity index is 1420. The molecule has 1 atom stereocenters. The first-order chi connectivity index (χ1) is 18.4. The van der Waals surface area contributed by atoms with Crippen molar-refractivity contribution in [1.82, 2.24) is 10.2 Å². The van der Waals surface area contributed by atoms with Gasteiger partial charge in [-0.15, -0.1) is 0 Å². The Balaban J connectivity index is 2.09. The maximum Gasteiger partial charge on any atom is 0.244 e. The van der Waals surface area contributed by atoms with Crippen LogP contribution in [0, 0.1) is 6.92 Å². The van der Waals surface area contributed by atoms with Gasteiger partial charge >= 0.3 is 0 Å². The van der Waals surface area contributed by atoms with Crippen LogP contribution in [0.15, 0.2) is 71.2 Å². The van der Waals surface area contributed by atoms with Gasteiger partial charge in [0, 0.05) is 39.6 Å². The molecule has 3 aromatic rings. The normalized spacial score (nSPS) is 12.1. The Hall–Kier alpha value is -2.59. The molecule has 11 heteroatoms. The zero-order chi connectivity index (χ0) is 28.7. The molecule has 0 saturated carbocycles. The molecule has 0 bridgehead atoms. The summed E-state index contributed by atoms with van der Waals surface area (Å²) in [4.78, 5) is 28.8. The average Bonchev–Trinajstić information content (AvgIpc) is 2.88. The second-order valence-electron chi connectivity index (χ2n) is 9.03. The van der Waals surface area contributed by atoms with Gasteiger partial charge in [0.2, 0.25) is 21.8 Å². The number of hydrogen-bond donors (Lipinski definition) is 1. The predicted octanol–water partition coefficient (Wildman–Crippen LogP) is 5.61. The van der Waals surface area contributed by atoms with Gasteiger partial charge < -0.3 is 10.2 Å². The van der Waals surface area contributed by atoms with E-state index in [1.54, 1.807) is 43.3 Å². The number of sulfonamides is 1. The molecule has 3 rings (SSSR count). The minimum atomic E-state index is -3.86. The van der Waals surface area contributed by atoms with E-state index in [0.717, 1.165) is 26.2 Å². The Morgan fingerprint density at radius 2 is 1.64 bits per heavy atom. The summed E-state index contributed by atoms with van der Waals surface area (Å²) < 4.78 is 27.6. The molecule has 0 radical (unpaired) electrons. The van der Waals surface area contributed by atoms with Gasteiger partial charge in [0.15, 0.2) is 0 Å². The predicted molar refractivity (Wildman–Crippen MR) is 161 cm³/mol. The second-order valence-corrected chi connectivity index (χ2v) is 12.6. The Labute approximate surface area is 248 Å². The van der Waals surface area contributed by atoms with Crippen molar-refractivity contribution in [3.8, 4) is 0 Å². The van der Waals surface area contributed by atoms with Crippen LogP contribution in [0.25, 0.3) is 0 Å². The smallest absolute Gasteiger partial charge is 0.244 e. The van der Waals surface area contributed by atoms with Crippen molar-refractivity contribution in [1.29, 1.82) is 0 Å². The molecule has 0 unspecified atom stereocenters. The molecule has 0 heterocycles. The van der Waals surface area contributed by atoms with E-state index >= 15 is 0 Å². The summed E-state index contributed by atoms with van der Waals surface area (Å²) >= 11 is 16.3. The monoisotopic (exact) mass is 653 g/mol. The van der Waals surface area contributed by atoms with Crippen LogP contribution in [-0.2, 0) is 32.6 Å². The first-order valence-corrected chi connectivity index (χ1v) is 15.6. The molecule has 3 aromatic carbocycles. The van der Waals surface area contributed by atoms with Crippen LogP contribution >= 0.6 is 39.1 Å². The lowest BCUT2D eigenvalue weighted by Gasteiger charge is -2.34. The first kappa shape index (κ1) is 30.9. The molecule has 7 nitrogen and oxygen atoms in total. The van der Waals surface area contributed by atoms with Gasteiger partial charge in [-0.25, -0.2) is 8.42 Å². The van der Waals surface area contributed by atoms with Crippen molar-refractivity contribution in [3.63, 3.8) is 0 Å². The van der Waals surface area contributed by atoms with Gasteiger partial charge in [0.25, 0.3) is 0 Å². The summed E-state index contributed by atoms with van der Waals surface area (Å²) in [6.07, 6.45) is 1.24. The minimum absolute atomic E-state index is 0.0943. The molecule has 0 spiro atoms. The van der Waals surface area contributed by atoms with E-state index in [-0.39, 0.29) is 18.9 Å². The van der Waals surface area contributed by atoms with E-state index in [4.69, 9.17) is 23.2 Å². The number of carbonyl (C=O) groups excluding carboxylic acids is 2. The highest BCUT2D eigenvalue weighted by Gasteiger charge is 2.33. The zero-order valence-electron chi connectivity index (χ0n) is 21.8. The summed E-state index contributed by atoms with van der Waals surface area (Å²) in [6.45, 7) is 3.35. The third kappa shape index (κ3) is 8.20. The molecule has 0 aliphatic carbocycles. The van der Waals surface area contributed by atoms with Crippen molar-refractivity contribution in [2.45, 2.75) is 32.9 Å². The fourth-order valence-corrected chi connectivity index (χ4v) is 5.70. The summed E-state index contributed by atoms with van der Waals surface area (Å²) in [5, 5.41) is 3.47. The van der Waals surface area contributed by atoms with Crippen LogP contribution in [0.1, 0.15) is 23.6 Å². The van der Waals surface area contributed by atoms with Crippen molar-refractivity contribution >= 4 is 66.7 Å². The molecule has 0 fully saturated rings. The van der Waals surface area contributed by atoms with E-state index in [9.17, 15) is 18.0 Å². The van der Waals surface area contributed by atoms with Gasteiger partial charge in [-0.2, -0.15) is 0 Å². The topological polar surface area (TPSA) is 86.8 Å². The minimum Gasteiger partial charge on any atom is -0.355 e. The Morgan fingerprint density at radius 1 is 1.00 bits per heavy atom. The molecule has 1 N–H and O–H groups in total. The maximum absolute atomic E-state index is 14.0. The number of likely N-dealkylation sites (N-methyl/N-ethyl adjacent to an activating group) is 1. The van der Waals surface area contributed by atoms with Crippen LogP contribution in [0.4, 0.5) is 5.69 Å². The molecule has 0 aliphatic rings. The van der Waals surface area contributed by atoms with Crippen molar-refractivity contribution in [2.75, 3.05) is 23.7 Å². The van der Waals surface area contributed by atoms with Crippen molar-refractivity contribution in [2.24, 2.45) is 0 Å². The number of anilines is 1. The van der Waals surface area contributed by atoms with E-state index in [2.05, 4.69) is 21.2 Å². The molecule has 39 heavy (non-hydrogen) atoms. The number of hydrogen-bond acceptors (Lipinski definition) is 4. The second kappa shape index (κ2) is 13.7. The van der Waals surface area contributed by atoms with Gasteiger partial charge in [-0.1, -0.05) is 75.5 Å². The van der Waals surface area contributed by atoms with Crippen LogP contribution in [-0.4, -0.2) is 50.5 Å². The van der Waals surface area contributed by atoms with Crippen LogP contribution in [0.2, 0.25) is 10.0 Å². The highest BCUT2D eigenvalue weighted by atomic mass is 79.9. The number of carbonyl (C=O) groups is 2. The van der Waals surface area contributed by atoms with Gasteiger partial charge in [-0.3, -0.25) is 13.9 Å². The van der Waals surface area contributed by atoms with E-state index in [0.29, 0.717) is 27.8 Å². The van der Waals surface area contributed by atoms with Crippen molar-refractivity contribution < 1.29 is 18.0 Å². The number of aryl methyl sites for hydroxylation is 1. The maximum atomic E-state index is 14.0. The number of halogens is 3. The number of nitrogens with zero attached hydrogens (tertiary/aromatic N) is 2. The van der Waals surface area contributed by atoms with Gasteiger partial charge in [0.05, 0.1) is 11.9 Å². The quantitative estimate of drug-likeness (QED) is 0.291. The van der Waals surface area contributed by atoms with E-state index in [1.807, 2.05) is 37.3 Å². The van der Waals surface area contributed by atoms with Crippen LogP contribution < -0.4 is 9.62 Å². The zero-order valence-corrected chi connectivity index (χ0v) is 25.7. The molecular weight excluding hydrogens is 625 g/mol. The van der Waals surface area contributed by atoms with Crippen LogP contribution in [0.3, 0.4) is 0 Å². The largest absolute Gasteiger partial charge is 0.355 e. The summed E-state index contributed by atoms with van der Waals surface area (Å²) in [7, 11) is -3.86. The molecule has 2 amide bonds. The summed E-state index contributed by atoms with van der Waals surface area (Å²) in [5.74, 6) is -0.951. The van der Waals surface area contributed by atoms with Gasteiger partial charge in [-0.05, 0) is 55.3 Å².